The summed E-state index contributed by atoms with van der Waals surface area (Å²) in [7, 11) is -5.17. The monoisotopic (exact) mass is 213 g/mol. The quantitative estimate of drug-likeness (QED) is 0.283. The van der Waals surface area contributed by atoms with Crippen LogP contribution in [0.3, 0.4) is 0 Å². The molecule has 4 nitrogen and oxygen atoms in total. The van der Waals surface area contributed by atoms with Gasteiger partial charge in [-0.1, -0.05) is 0 Å². The molecule has 49 valence electrons. The first-order chi connectivity index (χ1) is 2.00. The van der Waals surface area contributed by atoms with Crippen molar-refractivity contribution in [2.75, 3.05) is 0 Å². The minimum absolute atomic E-state index is 0. The maximum Gasteiger partial charge on any atom is 2.00 e. The Kier molecular flexibility index (Phi) is 11.2. The van der Waals surface area contributed by atoms with Crippen LogP contribution in [0.15, 0.2) is 0 Å². The fourth-order valence-corrected chi connectivity index (χ4v) is 0. The summed E-state index contributed by atoms with van der Waals surface area (Å²) in [6.45, 7) is 0. The van der Waals surface area contributed by atoms with Gasteiger partial charge in [-0.15, -0.1) is 0 Å². The van der Waals surface area contributed by atoms with E-state index in [1.165, 1.54) is 0 Å². The zero-order valence-corrected chi connectivity index (χ0v) is 5.54. The summed E-state index contributed by atoms with van der Waals surface area (Å²) >= 11 is 0. The molecule has 0 aliphatic carbocycles. The fraction of sp³-hybridized carbons (Fsp3) is 0. The number of rotatable bonds is 0. The molecule has 0 saturated carbocycles. The smallest absolute Gasteiger partial charge is 0.759 e. The van der Waals surface area contributed by atoms with E-state index in [-0.39, 0.29) is 33.3 Å². The number of hydrogen-bond acceptors (Lipinski definition) is 4. The van der Waals surface area contributed by atoms with E-state index in [2.05, 4.69) is 0 Å². The Morgan fingerprint density at radius 1 is 1.14 bits per heavy atom. The Morgan fingerprint density at radius 3 is 1.14 bits per heavy atom. The zero-order valence-electron chi connectivity index (χ0n) is 2.69. The Bertz CT molecular complexity index is 94.9. The van der Waals surface area contributed by atoms with Gasteiger partial charge in [-0.3, -0.25) is 8.42 Å². The van der Waals surface area contributed by atoms with E-state index in [1.807, 2.05) is 0 Å². The molecule has 0 unspecified atom stereocenters. The van der Waals surface area contributed by atoms with E-state index in [4.69, 9.17) is 17.5 Å². The van der Waals surface area contributed by atoms with E-state index in [0.717, 1.165) is 0 Å². The van der Waals surface area contributed by atoms with Crippen LogP contribution in [-0.2, 0) is 43.7 Å². The van der Waals surface area contributed by atoms with E-state index < -0.39 is 10.4 Å². The predicted molar refractivity (Wildman–Crippen MR) is 10.5 cm³/mol. The van der Waals surface area contributed by atoms with Gasteiger partial charge >= 0.3 is 16.5 Å². The third kappa shape index (κ3) is 215. The zero-order chi connectivity index (χ0) is 4.50. The first-order valence-electron chi connectivity index (χ1n) is 0.667. The van der Waals surface area contributed by atoms with Crippen LogP contribution in [0, 0.1) is 0 Å². The van der Waals surface area contributed by atoms with E-state index >= 15 is 0 Å². The topological polar surface area (TPSA) is 80.3 Å². The average Bonchev–Trinajstić information content (AvgIpc) is 0.722. The minimum atomic E-state index is -5.17. The standard InChI is InChI=1S/Co.Ni.H2O4S/c;;1-5(2,3)4/h;;(H2,1,2,3,4)/q;+2;/p-2. The second-order valence-electron chi connectivity index (χ2n) is 0.408. The molecule has 0 aliphatic heterocycles. The van der Waals surface area contributed by atoms with Crippen LogP contribution in [-0.4, -0.2) is 17.5 Å². The van der Waals surface area contributed by atoms with Gasteiger partial charge in [0.1, 0.15) is 0 Å². The van der Waals surface area contributed by atoms with Gasteiger partial charge in [0, 0.05) is 27.2 Å². The maximum atomic E-state index is 8.52. The van der Waals surface area contributed by atoms with Gasteiger partial charge in [0.15, 0.2) is 0 Å². The van der Waals surface area contributed by atoms with Gasteiger partial charge in [0.2, 0.25) is 0 Å². The second kappa shape index (κ2) is 5.02. The van der Waals surface area contributed by atoms with Crippen molar-refractivity contribution < 1.29 is 50.8 Å². The summed E-state index contributed by atoms with van der Waals surface area (Å²) in [4.78, 5) is 0. The Hall–Kier alpha value is 0.870. The first kappa shape index (κ1) is 15.7. The molecule has 0 bridgehead atoms. The molecule has 0 spiro atoms. The molecule has 0 saturated heterocycles. The molecule has 0 atom stereocenters. The largest absolute Gasteiger partial charge is 2.00 e. The maximum absolute atomic E-state index is 8.52. The molecule has 0 fully saturated rings. The Labute approximate surface area is 61.4 Å². The molecule has 0 aliphatic rings. The molecule has 0 rings (SSSR count). The van der Waals surface area contributed by atoms with Crippen LogP contribution >= 0.6 is 0 Å². The van der Waals surface area contributed by atoms with Gasteiger partial charge in [0.05, 0.1) is 0 Å². The summed E-state index contributed by atoms with van der Waals surface area (Å²) in [6, 6.07) is 0. The van der Waals surface area contributed by atoms with Crippen molar-refractivity contribution in [2.24, 2.45) is 0 Å². The molecule has 0 N–H and O–H groups in total. The van der Waals surface area contributed by atoms with Crippen LogP contribution in [0.2, 0.25) is 0 Å². The molecule has 7 heteroatoms. The van der Waals surface area contributed by atoms with Gasteiger partial charge in [0.25, 0.3) is 0 Å². The van der Waals surface area contributed by atoms with Crippen LogP contribution in [0.1, 0.15) is 0 Å². The van der Waals surface area contributed by atoms with E-state index in [1.54, 1.807) is 0 Å². The average molecular weight is 214 g/mol. The van der Waals surface area contributed by atoms with Crippen molar-refractivity contribution in [3.8, 4) is 0 Å². The molecular weight excluding hydrogens is 214 g/mol. The van der Waals surface area contributed by atoms with Gasteiger partial charge < -0.3 is 9.11 Å². The number of hydrogen-bond donors (Lipinski definition) is 0. The summed E-state index contributed by atoms with van der Waals surface area (Å²) in [6.07, 6.45) is 0. The molecular formula is CoNiO4S. The van der Waals surface area contributed by atoms with Crippen molar-refractivity contribution in [1.29, 1.82) is 0 Å². The molecule has 0 aromatic rings. The normalized spacial score (nSPS) is 8.29. The Balaban J connectivity index is -0.0000000800. The van der Waals surface area contributed by atoms with E-state index in [0.29, 0.717) is 0 Å². The van der Waals surface area contributed by atoms with Gasteiger partial charge in [-0.05, 0) is 0 Å². The fourth-order valence-electron chi connectivity index (χ4n) is 0. The molecule has 0 aromatic carbocycles. The molecule has 0 aromatic heterocycles. The Morgan fingerprint density at radius 2 is 1.14 bits per heavy atom. The van der Waals surface area contributed by atoms with Gasteiger partial charge in [-0.2, -0.15) is 0 Å². The van der Waals surface area contributed by atoms with Crippen molar-refractivity contribution in [3.05, 3.63) is 0 Å². The summed E-state index contributed by atoms with van der Waals surface area (Å²) in [5, 5.41) is 0. The SMILES string of the molecule is O=S(=O)([O-])[O-].[Co].[Ni+2]. The van der Waals surface area contributed by atoms with Crippen LogP contribution < -0.4 is 0 Å². The van der Waals surface area contributed by atoms with Crippen LogP contribution in [0.5, 0.6) is 0 Å². The molecule has 7 heavy (non-hydrogen) atoms. The minimum Gasteiger partial charge on any atom is -0.759 e. The third-order valence-electron chi connectivity index (χ3n) is 0. The predicted octanol–water partition coefficient (Wildman–Crippen LogP) is -1.34. The van der Waals surface area contributed by atoms with Crippen molar-refractivity contribution in [3.63, 3.8) is 0 Å². The second-order valence-corrected chi connectivity index (χ2v) is 1.22. The molecule has 0 heterocycles. The van der Waals surface area contributed by atoms with Crippen molar-refractivity contribution in [2.45, 2.75) is 0 Å². The summed E-state index contributed by atoms with van der Waals surface area (Å²) < 4.78 is 34.1. The molecule has 1 radical (unpaired) electrons. The van der Waals surface area contributed by atoms with Gasteiger partial charge in [-0.25, -0.2) is 0 Å². The van der Waals surface area contributed by atoms with E-state index in [9.17, 15) is 0 Å². The summed E-state index contributed by atoms with van der Waals surface area (Å²) in [5.74, 6) is 0. The van der Waals surface area contributed by atoms with Crippen LogP contribution in [0.4, 0.5) is 0 Å². The molecule has 0 amide bonds. The third-order valence-corrected chi connectivity index (χ3v) is 0. The van der Waals surface area contributed by atoms with Crippen molar-refractivity contribution >= 4 is 10.4 Å². The van der Waals surface area contributed by atoms with Crippen LogP contribution in [0.25, 0.3) is 0 Å². The van der Waals surface area contributed by atoms with Crippen molar-refractivity contribution in [1.82, 2.24) is 0 Å². The first-order valence-corrected chi connectivity index (χ1v) is 2.00. The summed E-state index contributed by atoms with van der Waals surface area (Å²) in [5.41, 5.74) is 0.